The van der Waals surface area contributed by atoms with Gasteiger partial charge in [0.2, 0.25) is 0 Å². The van der Waals surface area contributed by atoms with Crippen LogP contribution in [0.15, 0.2) is 24.0 Å². The Morgan fingerprint density at radius 1 is 1.38 bits per heavy atom. The first-order valence-corrected chi connectivity index (χ1v) is 4.68. The molecule has 13 heavy (non-hydrogen) atoms. The van der Waals surface area contributed by atoms with Crippen molar-refractivity contribution in [2.45, 2.75) is 34.1 Å². The Bertz CT molecular complexity index is 228. The summed E-state index contributed by atoms with van der Waals surface area (Å²) >= 11 is 0. The summed E-state index contributed by atoms with van der Waals surface area (Å²) in [5.74, 6) is 0.112. The summed E-state index contributed by atoms with van der Waals surface area (Å²) in [6, 6.07) is 0. The van der Waals surface area contributed by atoms with Gasteiger partial charge in [0.15, 0.2) is 5.78 Å². The number of carbonyl (C=O) groups is 1. The molecule has 0 heterocycles. The molecule has 0 N–H and O–H groups in total. The summed E-state index contributed by atoms with van der Waals surface area (Å²) in [4.78, 5) is 13.2. The third kappa shape index (κ3) is 3.05. The van der Waals surface area contributed by atoms with Crippen LogP contribution in [0, 0.1) is 0 Å². The Morgan fingerprint density at radius 2 is 1.92 bits per heavy atom. The van der Waals surface area contributed by atoms with Crippen LogP contribution >= 0.6 is 0 Å². The first-order valence-electron chi connectivity index (χ1n) is 4.68. The maximum absolute atomic E-state index is 11.4. The number of rotatable bonds is 5. The molecule has 0 atom stereocenters. The number of carbonyl (C=O) groups excluding carboxylic acids is 1. The molecule has 0 bridgehead atoms. The lowest BCUT2D eigenvalue weighted by Gasteiger charge is -2.21. The lowest BCUT2D eigenvalue weighted by atomic mass is 10.1. The van der Waals surface area contributed by atoms with E-state index in [1.807, 2.05) is 18.7 Å². The fraction of sp³-hybridized carbons (Fsp3) is 0.545. The Kier molecular flexibility index (Phi) is 5.12. The summed E-state index contributed by atoms with van der Waals surface area (Å²) in [5.41, 5.74) is 1.91. The van der Waals surface area contributed by atoms with Crippen molar-refractivity contribution in [2.75, 3.05) is 6.54 Å². The largest absolute Gasteiger partial charge is 0.346 e. The van der Waals surface area contributed by atoms with Crippen LogP contribution in [0.25, 0.3) is 0 Å². The first kappa shape index (κ1) is 11.9. The van der Waals surface area contributed by atoms with Gasteiger partial charge in [0.25, 0.3) is 0 Å². The average molecular weight is 181 g/mol. The first-order chi connectivity index (χ1) is 6.08. The Balaban J connectivity index is 5.00. The zero-order valence-electron chi connectivity index (χ0n) is 9.05. The lowest BCUT2D eigenvalue weighted by molar-refractivity contribution is -0.114. The quantitative estimate of drug-likeness (QED) is 0.608. The maximum Gasteiger partial charge on any atom is 0.176 e. The van der Waals surface area contributed by atoms with Crippen LogP contribution in [0.2, 0.25) is 0 Å². The fourth-order valence-corrected chi connectivity index (χ4v) is 1.29. The molecule has 0 saturated heterocycles. The van der Waals surface area contributed by atoms with E-state index >= 15 is 0 Å². The zero-order valence-corrected chi connectivity index (χ0v) is 9.05. The molecule has 2 heteroatoms. The van der Waals surface area contributed by atoms with Gasteiger partial charge in [-0.1, -0.05) is 13.5 Å². The normalized spacial score (nSPS) is 12.0. The third-order valence-corrected chi connectivity index (χ3v) is 2.12. The summed E-state index contributed by atoms with van der Waals surface area (Å²) < 4.78 is 0. The molecule has 0 aromatic carbocycles. The van der Waals surface area contributed by atoms with Gasteiger partial charge >= 0.3 is 0 Å². The monoisotopic (exact) mass is 181 g/mol. The second-order valence-electron chi connectivity index (χ2n) is 3.01. The summed E-state index contributed by atoms with van der Waals surface area (Å²) in [7, 11) is 0. The number of ketones is 1. The van der Waals surface area contributed by atoms with Crippen molar-refractivity contribution in [2.24, 2.45) is 0 Å². The molecule has 74 valence electrons. The predicted octanol–water partition coefficient (Wildman–Crippen LogP) is 2.72. The van der Waals surface area contributed by atoms with Gasteiger partial charge in [0.1, 0.15) is 0 Å². The molecule has 0 unspecified atom stereocenters. The Hall–Kier alpha value is -1.05. The second-order valence-corrected chi connectivity index (χ2v) is 3.01. The number of hydrogen-bond donors (Lipinski definition) is 0. The molecule has 0 aliphatic heterocycles. The molecule has 2 nitrogen and oxygen atoms in total. The van der Waals surface area contributed by atoms with Crippen molar-refractivity contribution in [3.63, 3.8) is 0 Å². The topological polar surface area (TPSA) is 20.3 Å². The highest BCUT2D eigenvalue weighted by atomic mass is 16.1. The van der Waals surface area contributed by atoms with Crippen LogP contribution in [-0.2, 0) is 4.79 Å². The average Bonchev–Trinajstić information content (AvgIpc) is 2.12. The minimum atomic E-state index is 0.112. The van der Waals surface area contributed by atoms with E-state index in [2.05, 4.69) is 13.5 Å². The maximum atomic E-state index is 11.4. The van der Waals surface area contributed by atoms with Crippen LogP contribution in [0.3, 0.4) is 0 Å². The number of Topliss-reactive ketones (excluding diaryl/α,β-unsaturated/α-hetero) is 1. The lowest BCUT2D eigenvalue weighted by Crippen LogP contribution is -2.22. The molecule has 0 fully saturated rings. The zero-order chi connectivity index (χ0) is 10.4. The van der Waals surface area contributed by atoms with Crippen LogP contribution in [0.1, 0.15) is 34.1 Å². The van der Waals surface area contributed by atoms with Crippen LogP contribution in [0.4, 0.5) is 0 Å². The molecular formula is C11H19NO. The molecule has 0 aromatic rings. The van der Waals surface area contributed by atoms with E-state index in [0.717, 1.165) is 24.2 Å². The smallest absolute Gasteiger partial charge is 0.176 e. The summed E-state index contributed by atoms with van der Waals surface area (Å²) in [5, 5.41) is 0. The van der Waals surface area contributed by atoms with Crippen molar-refractivity contribution >= 4 is 5.78 Å². The number of allylic oxidation sites excluding steroid dienone is 2. The van der Waals surface area contributed by atoms with E-state index in [0.29, 0.717) is 0 Å². The molecule has 0 aromatic heterocycles. The highest BCUT2D eigenvalue weighted by Gasteiger charge is 2.11. The van der Waals surface area contributed by atoms with Gasteiger partial charge in [-0.05, 0) is 32.0 Å². The molecule has 0 radical (unpaired) electrons. The summed E-state index contributed by atoms with van der Waals surface area (Å²) in [6.45, 7) is 12.1. The van der Waals surface area contributed by atoms with Crippen LogP contribution < -0.4 is 0 Å². The highest BCUT2D eigenvalue weighted by molar-refractivity contribution is 5.93. The van der Waals surface area contributed by atoms with E-state index in [-0.39, 0.29) is 5.78 Å². The molecule has 0 rings (SSSR count). The van der Waals surface area contributed by atoms with Gasteiger partial charge in [-0.3, -0.25) is 4.79 Å². The van der Waals surface area contributed by atoms with Gasteiger partial charge in [-0.15, -0.1) is 0 Å². The van der Waals surface area contributed by atoms with Crippen molar-refractivity contribution < 1.29 is 4.79 Å². The standard InChI is InChI=1S/C11H19NO/c1-6-9(4)11(10(5)13)12(7-2)8-3/h7H,2,6,8H2,1,3-5H3/b11-9-. The van der Waals surface area contributed by atoms with Crippen LogP contribution in [0.5, 0.6) is 0 Å². The van der Waals surface area contributed by atoms with Crippen molar-refractivity contribution in [1.82, 2.24) is 4.90 Å². The number of likely N-dealkylation sites (N-methyl/N-ethyl adjacent to an activating group) is 1. The van der Waals surface area contributed by atoms with E-state index in [4.69, 9.17) is 0 Å². The Labute approximate surface area is 80.9 Å². The fourth-order valence-electron chi connectivity index (χ4n) is 1.29. The van der Waals surface area contributed by atoms with Gasteiger partial charge in [-0.25, -0.2) is 0 Å². The molecule has 0 spiro atoms. The summed E-state index contributed by atoms with van der Waals surface area (Å²) in [6.07, 6.45) is 2.61. The van der Waals surface area contributed by atoms with Crippen molar-refractivity contribution in [3.05, 3.63) is 24.0 Å². The third-order valence-electron chi connectivity index (χ3n) is 2.12. The molecular weight excluding hydrogens is 162 g/mol. The SMILES string of the molecule is C=CN(CC)/C(C(C)=O)=C(/C)CC. The van der Waals surface area contributed by atoms with Gasteiger partial charge < -0.3 is 4.90 Å². The van der Waals surface area contributed by atoms with Gasteiger partial charge in [0.05, 0.1) is 5.70 Å². The van der Waals surface area contributed by atoms with Gasteiger partial charge in [-0.2, -0.15) is 0 Å². The van der Waals surface area contributed by atoms with E-state index in [9.17, 15) is 4.79 Å². The van der Waals surface area contributed by atoms with E-state index in [1.54, 1.807) is 13.1 Å². The molecule has 0 aliphatic carbocycles. The minimum absolute atomic E-state index is 0.112. The van der Waals surface area contributed by atoms with Crippen molar-refractivity contribution in [3.8, 4) is 0 Å². The number of nitrogens with zero attached hydrogens (tertiary/aromatic N) is 1. The highest BCUT2D eigenvalue weighted by Crippen LogP contribution is 2.14. The van der Waals surface area contributed by atoms with Crippen LogP contribution in [-0.4, -0.2) is 17.2 Å². The van der Waals surface area contributed by atoms with E-state index in [1.165, 1.54) is 0 Å². The Morgan fingerprint density at radius 3 is 2.15 bits per heavy atom. The molecule has 0 aliphatic rings. The molecule has 0 amide bonds. The van der Waals surface area contributed by atoms with Gasteiger partial charge in [0, 0.05) is 13.5 Å². The molecule has 0 saturated carbocycles. The number of hydrogen-bond acceptors (Lipinski definition) is 2. The minimum Gasteiger partial charge on any atom is -0.346 e. The van der Waals surface area contributed by atoms with E-state index < -0.39 is 0 Å². The second kappa shape index (κ2) is 5.57. The van der Waals surface area contributed by atoms with Crippen molar-refractivity contribution in [1.29, 1.82) is 0 Å². The predicted molar refractivity (Wildman–Crippen MR) is 56.2 cm³/mol.